The Labute approximate surface area is 222 Å². The fourth-order valence-electron chi connectivity index (χ4n) is 3.76. The summed E-state index contributed by atoms with van der Waals surface area (Å²) in [5.41, 5.74) is 3.22. The quantitative estimate of drug-likeness (QED) is 0.129. The maximum absolute atomic E-state index is 14.2. The molecule has 4 aromatic rings. The Morgan fingerprint density at radius 3 is 2.72 bits per heavy atom. The average Bonchev–Trinajstić information content (AvgIpc) is 3.33. The van der Waals surface area contributed by atoms with Gasteiger partial charge in [0.2, 0.25) is 5.91 Å². The minimum atomic E-state index is -0.374. The van der Waals surface area contributed by atoms with Crippen molar-refractivity contribution >= 4 is 50.8 Å². The number of amides is 1. The largest absolute Gasteiger partial charge is 0.352 e. The Bertz CT molecular complexity index is 1380. The second-order valence-electron chi connectivity index (χ2n) is 8.55. The van der Waals surface area contributed by atoms with Crippen LogP contribution in [-0.2, 0) is 23.6 Å². The van der Waals surface area contributed by atoms with Crippen LogP contribution in [0.5, 0.6) is 0 Å². The molecule has 2 aromatic heterocycles. The van der Waals surface area contributed by atoms with E-state index >= 15 is 0 Å². The van der Waals surface area contributed by atoms with E-state index in [0.717, 1.165) is 24.8 Å². The second kappa shape index (κ2) is 12.5. The van der Waals surface area contributed by atoms with Crippen LogP contribution in [0.4, 0.5) is 4.39 Å². The minimum Gasteiger partial charge on any atom is -0.352 e. The number of rotatable bonds is 11. The molecule has 0 bridgehead atoms. The molecule has 1 amide bonds. The number of hydrogen-bond acceptors (Lipinski definition) is 5. The molecule has 4 rings (SSSR count). The third kappa shape index (κ3) is 6.75. The lowest BCUT2D eigenvalue weighted by Gasteiger charge is -2.13. The highest BCUT2D eigenvalue weighted by Crippen LogP contribution is 2.29. The van der Waals surface area contributed by atoms with Gasteiger partial charge in [-0.1, -0.05) is 65.7 Å². The maximum Gasteiger partial charge on any atom is 0.272 e. The lowest BCUT2D eigenvalue weighted by Crippen LogP contribution is -2.23. The van der Waals surface area contributed by atoms with Crippen LogP contribution in [0, 0.1) is 12.7 Å². The molecule has 0 saturated carbocycles. The van der Waals surface area contributed by atoms with Gasteiger partial charge in [-0.15, -0.1) is 11.3 Å². The number of aromatic nitrogens is 2. The first-order valence-corrected chi connectivity index (χ1v) is 14.0. The molecular formula is C27H27ClFN3O2S2. The van der Waals surface area contributed by atoms with Gasteiger partial charge < -0.3 is 5.32 Å². The average molecular weight is 544 g/mol. The van der Waals surface area contributed by atoms with Crippen molar-refractivity contribution in [1.82, 2.24) is 14.9 Å². The smallest absolute Gasteiger partial charge is 0.272 e. The van der Waals surface area contributed by atoms with Gasteiger partial charge in [0.25, 0.3) is 5.56 Å². The monoisotopic (exact) mass is 543 g/mol. The second-order valence-corrected chi connectivity index (χ2v) is 10.8. The van der Waals surface area contributed by atoms with Crippen LogP contribution in [0.15, 0.2) is 63.9 Å². The highest BCUT2D eigenvalue weighted by Gasteiger charge is 2.15. The summed E-state index contributed by atoms with van der Waals surface area (Å²) in [6, 6.07) is 14.5. The zero-order valence-electron chi connectivity index (χ0n) is 19.9. The number of halogens is 2. The topological polar surface area (TPSA) is 64.0 Å². The van der Waals surface area contributed by atoms with E-state index in [4.69, 9.17) is 11.6 Å². The van der Waals surface area contributed by atoms with Crippen LogP contribution < -0.4 is 10.9 Å². The van der Waals surface area contributed by atoms with Gasteiger partial charge >= 0.3 is 0 Å². The van der Waals surface area contributed by atoms with E-state index in [9.17, 15) is 14.0 Å². The Morgan fingerprint density at radius 2 is 1.94 bits per heavy atom. The third-order valence-corrected chi connectivity index (χ3v) is 8.08. The molecule has 9 heteroatoms. The summed E-state index contributed by atoms with van der Waals surface area (Å²) >= 11 is 8.85. The van der Waals surface area contributed by atoms with Gasteiger partial charge in [-0.05, 0) is 48.9 Å². The Hall–Kier alpha value is -2.68. The fourth-order valence-corrected chi connectivity index (χ4v) is 5.91. The Balaban J connectivity index is 1.32. The number of carbonyl (C=O) groups is 1. The summed E-state index contributed by atoms with van der Waals surface area (Å²) in [5.74, 6) is -0.0806. The number of fused-ring (bicyclic) bond motifs is 1. The molecule has 0 fully saturated rings. The predicted molar refractivity (Wildman–Crippen MR) is 146 cm³/mol. The highest BCUT2D eigenvalue weighted by molar-refractivity contribution is 7.98. The number of carbonyl (C=O) groups excluding carboxylic acids is 1. The van der Waals surface area contributed by atoms with E-state index in [1.807, 2.05) is 42.6 Å². The summed E-state index contributed by atoms with van der Waals surface area (Å²) < 4.78 is 16.5. The van der Waals surface area contributed by atoms with Gasteiger partial charge in [-0.3, -0.25) is 14.2 Å². The molecule has 1 N–H and O–H groups in total. The van der Waals surface area contributed by atoms with Gasteiger partial charge in [0.15, 0.2) is 5.16 Å². The first-order chi connectivity index (χ1) is 17.4. The molecule has 0 unspecified atom stereocenters. The fraction of sp³-hybridized carbons (Fsp3) is 0.296. The van der Waals surface area contributed by atoms with E-state index in [1.54, 1.807) is 16.7 Å². The molecule has 2 heterocycles. The molecule has 0 radical (unpaired) electrons. The van der Waals surface area contributed by atoms with E-state index < -0.39 is 0 Å². The maximum atomic E-state index is 14.2. The van der Waals surface area contributed by atoms with E-state index in [-0.39, 0.29) is 23.0 Å². The summed E-state index contributed by atoms with van der Waals surface area (Å²) in [5, 5.41) is 5.70. The van der Waals surface area contributed by atoms with Crippen molar-refractivity contribution in [2.45, 2.75) is 56.6 Å². The molecule has 0 saturated heterocycles. The Morgan fingerprint density at radius 1 is 1.14 bits per heavy atom. The van der Waals surface area contributed by atoms with Crippen LogP contribution in [0.3, 0.4) is 0 Å². The molecule has 36 heavy (non-hydrogen) atoms. The van der Waals surface area contributed by atoms with Crippen LogP contribution in [-0.4, -0.2) is 15.5 Å². The molecule has 5 nitrogen and oxygen atoms in total. The first kappa shape index (κ1) is 26.4. The van der Waals surface area contributed by atoms with Crippen molar-refractivity contribution in [2.75, 3.05) is 0 Å². The van der Waals surface area contributed by atoms with Crippen molar-refractivity contribution in [2.24, 2.45) is 0 Å². The van der Waals surface area contributed by atoms with Gasteiger partial charge in [0, 0.05) is 35.8 Å². The molecule has 0 aliphatic rings. The molecule has 0 aliphatic carbocycles. The zero-order valence-corrected chi connectivity index (χ0v) is 22.3. The summed E-state index contributed by atoms with van der Waals surface area (Å²) in [6.45, 7) is 3.04. The van der Waals surface area contributed by atoms with Crippen LogP contribution in [0.1, 0.15) is 42.4 Å². The van der Waals surface area contributed by atoms with Crippen LogP contribution in [0.25, 0.3) is 10.2 Å². The SMILES string of the molecule is Cc1ccc(CNC(=O)CCCCCn2c(SCc3c(F)cccc3Cl)nc3ccsc3c2=O)cc1. The number of nitrogens with zero attached hydrogens (tertiary/aromatic N) is 2. The van der Waals surface area contributed by atoms with Gasteiger partial charge in [0.05, 0.1) is 5.52 Å². The summed E-state index contributed by atoms with van der Waals surface area (Å²) in [6.07, 6.45) is 2.71. The normalized spacial score (nSPS) is 11.2. The highest BCUT2D eigenvalue weighted by atomic mass is 35.5. The first-order valence-electron chi connectivity index (χ1n) is 11.8. The number of nitrogens with one attached hydrogen (secondary N) is 1. The van der Waals surface area contributed by atoms with E-state index in [1.165, 1.54) is 34.7 Å². The van der Waals surface area contributed by atoms with Crippen LogP contribution >= 0.6 is 34.7 Å². The zero-order chi connectivity index (χ0) is 25.5. The number of hydrogen-bond donors (Lipinski definition) is 1. The molecule has 0 atom stereocenters. The van der Waals surface area contributed by atoms with E-state index in [0.29, 0.717) is 45.5 Å². The van der Waals surface area contributed by atoms with Crippen molar-refractivity contribution < 1.29 is 9.18 Å². The van der Waals surface area contributed by atoms with Gasteiger partial charge in [0.1, 0.15) is 10.5 Å². The number of thioether (sulfide) groups is 1. The third-order valence-electron chi connectivity index (χ3n) is 5.83. The summed E-state index contributed by atoms with van der Waals surface area (Å²) in [4.78, 5) is 30.0. The lowest BCUT2D eigenvalue weighted by molar-refractivity contribution is -0.121. The van der Waals surface area contributed by atoms with Crippen molar-refractivity contribution in [3.8, 4) is 0 Å². The number of thiophene rings is 1. The molecular weight excluding hydrogens is 517 g/mol. The standard InChI is InChI=1S/C27H27ClFN3O2S2/c1-18-9-11-19(12-10-18)16-30-24(33)8-3-2-4-14-32-26(34)25-23(13-15-35-25)31-27(32)36-17-20-21(28)6-5-7-22(20)29/h5-7,9-13,15H,2-4,8,14,16-17H2,1H3,(H,30,33). The van der Waals surface area contributed by atoms with Crippen molar-refractivity contribution in [3.05, 3.63) is 91.8 Å². The predicted octanol–water partition coefficient (Wildman–Crippen LogP) is 6.73. The summed E-state index contributed by atoms with van der Waals surface area (Å²) in [7, 11) is 0. The van der Waals surface area contributed by atoms with E-state index in [2.05, 4.69) is 10.3 Å². The Kier molecular flexibility index (Phi) is 9.18. The molecule has 188 valence electrons. The number of unbranched alkanes of at least 4 members (excludes halogenated alkanes) is 2. The van der Waals surface area contributed by atoms with Gasteiger partial charge in [-0.2, -0.15) is 0 Å². The van der Waals surface area contributed by atoms with Crippen LogP contribution in [0.2, 0.25) is 5.02 Å². The lowest BCUT2D eigenvalue weighted by atomic mass is 10.1. The minimum absolute atomic E-state index is 0.0208. The van der Waals surface area contributed by atoms with Crippen molar-refractivity contribution in [3.63, 3.8) is 0 Å². The van der Waals surface area contributed by atoms with Crippen molar-refractivity contribution in [1.29, 1.82) is 0 Å². The molecule has 0 spiro atoms. The number of benzene rings is 2. The molecule has 2 aromatic carbocycles. The molecule has 0 aliphatic heterocycles. The number of aryl methyl sites for hydroxylation is 1. The van der Waals surface area contributed by atoms with Gasteiger partial charge in [-0.25, -0.2) is 9.37 Å².